The van der Waals surface area contributed by atoms with Crippen molar-refractivity contribution >= 4 is 32.9 Å². The number of rotatable bonds is 4. The van der Waals surface area contributed by atoms with Crippen molar-refractivity contribution in [1.29, 1.82) is 0 Å². The Morgan fingerprint density at radius 2 is 1.39 bits per heavy atom. The van der Waals surface area contributed by atoms with E-state index in [1.54, 1.807) is 20.7 Å². The molecule has 0 atom stereocenters. The molecule has 28 heavy (non-hydrogen) atoms. The predicted octanol–water partition coefficient (Wildman–Crippen LogP) is 8.38. The molecule has 0 unspecified atom stereocenters. The smallest absolute Gasteiger partial charge is 0.127 e. The van der Waals surface area contributed by atoms with E-state index in [1.807, 2.05) is 6.07 Å². The predicted molar refractivity (Wildman–Crippen MR) is 127 cm³/mol. The van der Waals surface area contributed by atoms with Crippen LogP contribution in [0.4, 0.5) is 0 Å². The summed E-state index contributed by atoms with van der Waals surface area (Å²) in [6.07, 6.45) is 0. The molecule has 1 aromatic heterocycles. The molecule has 4 heteroatoms. The first kappa shape index (κ1) is 21.2. The van der Waals surface area contributed by atoms with Crippen LogP contribution in [0.25, 0.3) is 10.4 Å². The summed E-state index contributed by atoms with van der Waals surface area (Å²) in [7, 11) is 3.42. The summed E-state index contributed by atoms with van der Waals surface area (Å²) in [6, 6.07) is 17.1. The van der Waals surface area contributed by atoms with E-state index in [2.05, 4.69) is 84.0 Å². The topological polar surface area (TPSA) is 9.23 Å². The number of hydrogen-bond donors (Lipinski definition) is 0. The van der Waals surface area contributed by atoms with E-state index < -0.39 is 0 Å². The first-order valence-electron chi connectivity index (χ1n) is 9.52. The van der Waals surface area contributed by atoms with Crippen LogP contribution in [0.2, 0.25) is 0 Å². The Bertz CT molecular complexity index is 964. The molecule has 0 bridgehead atoms. The van der Waals surface area contributed by atoms with Crippen molar-refractivity contribution in [2.24, 2.45) is 0 Å². The minimum absolute atomic E-state index is 0.0283. The molecular weight excluding hydrogens is 400 g/mol. The minimum Gasteiger partial charge on any atom is -0.488 e. The van der Waals surface area contributed by atoms with Gasteiger partial charge >= 0.3 is 0 Å². The Morgan fingerprint density at radius 3 is 1.86 bits per heavy atom. The van der Waals surface area contributed by atoms with Gasteiger partial charge in [0.1, 0.15) is 16.2 Å². The van der Waals surface area contributed by atoms with Crippen LogP contribution in [-0.4, -0.2) is 0 Å². The first-order chi connectivity index (χ1) is 13.1. The van der Waals surface area contributed by atoms with E-state index in [0.29, 0.717) is 6.61 Å². The quantitative estimate of drug-likeness (QED) is 0.305. The summed E-state index contributed by atoms with van der Waals surface area (Å²) >= 11 is 5.37. The van der Waals surface area contributed by atoms with Crippen LogP contribution in [0.15, 0.2) is 48.5 Å². The largest absolute Gasteiger partial charge is 0.488 e. The lowest BCUT2D eigenvalue weighted by Gasteiger charge is -2.30. The van der Waals surface area contributed by atoms with Crippen molar-refractivity contribution in [3.05, 3.63) is 69.0 Å². The van der Waals surface area contributed by atoms with E-state index in [1.165, 1.54) is 27.1 Å². The average Bonchev–Trinajstić information content (AvgIpc) is 3.05. The van der Waals surface area contributed by atoms with Crippen molar-refractivity contribution in [1.82, 2.24) is 0 Å². The van der Waals surface area contributed by atoms with E-state index in [0.717, 1.165) is 9.57 Å². The molecule has 0 spiro atoms. The van der Waals surface area contributed by atoms with Crippen molar-refractivity contribution in [3.8, 4) is 16.2 Å². The zero-order valence-corrected chi connectivity index (χ0v) is 19.9. The Morgan fingerprint density at radius 1 is 0.821 bits per heavy atom. The molecule has 1 nitrogen and oxygen atoms in total. The SMILES string of the molecule is CC(C)(C)c1cc(-c2cc(=S)ss2)cc(C(C)(C)C)c1OCc1ccccc1. The van der Waals surface area contributed by atoms with Gasteiger partial charge in [0.25, 0.3) is 0 Å². The van der Waals surface area contributed by atoms with Crippen molar-refractivity contribution < 1.29 is 4.74 Å². The van der Waals surface area contributed by atoms with Crippen molar-refractivity contribution in [2.45, 2.75) is 59.0 Å². The van der Waals surface area contributed by atoms with E-state index in [9.17, 15) is 0 Å². The normalized spacial score (nSPS) is 12.2. The molecule has 3 rings (SSSR count). The van der Waals surface area contributed by atoms with Gasteiger partial charge in [-0.3, -0.25) is 0 Å². The summed E-state index contributed by atoms with van der Waals surface area (Å²) in [6.45, 7) is 14.1. The molecule has 0 fully saturated rings. The van der Waals surface area contributed by atoms with Gasteiger partial charge in [0.05, 0.1) is 0 Å². The lowest BCUT2D eigenvalue weighted by Crippen LogP contribution is -2.20. The number of hydrogen-bond acceptors (Lipinski definition) is 4. The van der Waals surface area contributed by atoms with Gasteiger partial charge in [-0.2, -0.15) is 0 Å². The lowest BCUT2D eigenvalue weighted by molar-refractivity contribution is 0.289. The maximum Gasteiger partial charge on any atom is 0.127 e. The summed E-state index contributed by atoms with van der Waals surface area (Å²) in [5.74, 6) is 1.02. The Hall–Kier alpha value is -1.49. The second-order valence-corrected chi connectivity index (χ2v) is 12.1. The van der Waals surface area contributed by atoms with Crippen LogP contribution in [0.1, 0.15) is 58.2 Å². The van der Waals surface area contributed by atoms with Crippen LogP contribution < -0.4 is 4.74 Å². The second kappa shape index (κ2) is 8.10. The highest BCUT2D eigenvalue weighted by atomic mass is 32.9. The first-order valence-corrected chi connectivity index (χ1v) is 12.1. The maximum absolute atomic E-state index is 6.49. The van der Waals surface area contributed by atoms with Gasteiger partial charge in [-0.05, 0) is 40.2 Å². The Kier molecular flexibility index (Phi) is 6.14. The van der Waals surface area contributed by atoms with Crippen molar-refractivity contribution in [2.75, 3.05) is 0 Å². The zero-order valence-electron chi connectivity index (χ0n) is 17.5. The molecule has 0 N–H and O–H groups in total. The molecule has 0 saturated heterocycles. The molecule has 3 aromatic rings. The molecule has 1 heterocycles. The molecule has 0 amide bonds. The van der Waals surface area contributed by atoms with Crippen LogP contribution in [-0.2, 0) is 17.4 Å². The van der Waals surface area contributed by atoms with Gasteiger partial charge in [-0.1, -0.05) is 105 Å². The van der Waals surface area contributed by atoms with Gasteiger partial charge in [0.15, 0.2) is 0 Å². The van der Waals surface area contributed by atoms with Crippen molar-refractivity contribution in [3.63, 3.8) is 0 Å². The van der Waals surface area contributed by atoms with Gasteiger partial charge < -0.3 is 4.74 Å². The molecule has 0 aliphatic rings. The van der Waals surface area contributed by atoms with Crippen LogP contribution in [0.5, 0.6) is 5.75 Å². The fraction of sp³-hybridized carbons (Fsp3) is 0.375. The third kappa shape index (κ3) is 4.91. The third-order valence-corrected chi connectivity index (χ3v) is 7.59. The van der Waals surface area contributed by atoms with E-state index in [-0.39, 0.29) is 10.8 Å². The fourth-order valence-corrected chi connectivity index (χ4v) is 5.53. The van der Waals surface area contributed by atoms with Gasteiger partial charge in [-0.25, -0.2) is 0 Å². The molecule has 0 radical (unpaired) electrons. The summed E-state index contributed by atoms with van der Waals surface area (Å²) < 4.78 is 7.43. The molecule has 2 aromatic carbocycles. The lowest BCUT2D eigenvalue weighted by atomic mass is 9.78. The average molecular weight is 429 g/mol. The summed E-state index contributed by atoms with van der Waals surface area (Å²) in [5.41, 5.74) is 4.85. The van der Waals surface area contributed by atoms with E-state index in [4.69, 9.17) is 17.0 Å². The van der Waals surface area contributed by atoms with Crippen LogP contribution in [0, 0.1) is 3.82 Å². The number of ether oxygens (including phenoxy) is 1. The minimum atomic E-state index is -0.0283. The highest BCUT2D eigenvalue weighted by Gasteiger charge is 2.28. The summed E-state index contributed by atoms with van der Waals surface area (Å²) in [5, 5.41) is 0. The molecule has 0 aliphatic heterocycles. The molecule has 0 aliphatic carbocycles. The number of benzene rings is 2. The Balaban J connectivity index is 2.16. The second-order valence-electron chi connectivity index (χ2n) is 9.17. The molecule has 0 saturated carbocycles. The Labute approximate surface area is 181 Å². The fourth-order valence-electron chi connectivity index (χ4n) is 3.14. The third-order valence-electron chi connectivity index (χ3n) is 4.68. The zero-order chi connectivity index (χ0) is 20.5. The highest BCUT2D eigenvalue weighted by molar-refractivity contribution is 7.80. The summed E-state index contributed by atoms with van der Waals surface area (Å²) in [4.78, 5) is 1.24. The highest BCUT2D eigenvalue weighted by Crippen LogP contribution is 2.44. The van der Waals surface area contributed by atoms with Crippen LogP contribution >= 0.6 is 32.9 Å². The maximum atomic E-state index is 6.49. The van der Waals surface area contributed by atoms with Crippen LogP contribution in [0.3, 0.4) is 0 Å². The molecular formula is C24H28OS3. The van der Waals surface area contributed by atoms with E-state index >= 15 is 0 Å². The molecule has 148 valence electrons. The van der Waals surface area contributed by atoms with Gasteiger partial charge in [-0.15, -0.1) is 0 Å². The monoisotopic (exact) mass is 428 g/mol. The standard InChI is InChI=1S/C24H28OS3/c1-23(2,3)18-12-17(20-14-21(26)28-27-20)13-19(24(4,5)6)22(18)25-15-16-10-8-7-9-11-16/h7-14H,15H2,1-6H3. The van der Waals surface area contributed by atoms with Gasteiger partial charge in [0, 0.05) is 16.0 Å². The van der Waals surface area contributed by atoms with Gasteiger partial charge in [0.2, 0.25) is 0 Å².